The molecule has 1 aromatic rings. The third-order valence-electron chi connectivity index (χ3n) is 5.27. The van der Waals surface area contributed by atoms with Gasteiger partial charge in [-0.2, -0.15) is 0 Å². The molecule has 1 unspecified atom stereocenters. The Morgan fingerprint density at radius 1 is 1.43 bits per heavy atom. The summed E-state index contributed by atoms with van der Waals surface area (Å²) in [7, 11) is 3.81. The van der Waals surface area contributed by atoms with Crippen molar-refractivity contribution in [1.82, 2.24) is 4.90 Å². The zero-order valence-electron chi connectivity index (χ0n) is 12.5. The van der Waals surface area contributed by atoms with Crippen molar-refractivity contribution < 1.29 is 14.6 Å². The number of nitrogens with zero attached hydrogens (tertiary/aromatic N) is 1. The molecule has 1 N–H and O–H groups in total. The lowest BCUT2D eigenvalue weighted by Gasteiger charge is -2.39. The van der Waals surface area contributed by atoms with Crippen LogP contribution in [0, 0.1) is 0 Å². The van der Waals surface area contributed by atoms with Crippen molar-refractivity contribution in [2.45, 2.75) is 37.0 Å². The minimum atomic E-state index is -0.491. The Morgan fingerprint density at radius 2 is 2.29 bits per heavy atom. The van der Waals surface area contributed by atoms with Crippen molar-refractivity contribution in [3.05, 3.63) is 35.4 Å². The van der Waals surface area contributed by atoms with Crippen LogP contribution in [0.4, 0.5) is 0 Å². The molecule has 4 rings (SSSR count). The third kappa shape index (κ3) is 1.63. The Labute approximate surface area is 125 Å². The van der Waals surface area contributed by atoms with Crippen LogP contribution in [0.1, 0.15) is 24.0 Å². The maximum absolute atomic E-state index is 10.8. The molecule has 0 bridgehead atoms. The van der Waals surface area contributed by atoms with Gasteiger partial charge in [0.25, 0.3) is 0 Å². The lowest BCUT2D eigenvalue weighted by molar-refractivity contribution is 0.0313. The molecule has 1 spiro atoms. The number of hydrogen-bond acceptors (Lipinski definition) is 4. The molecule has 0 saturated heterocycles. The molecule has 2 aliphatic heterocycles. The highest BCUT2D eigenvalue weighted by molar-refractivity contribution is 5.60. The maximum Gasteiger partial charge on any atom is 0.165 e. The van der Waals surface area contributed by atoms with Crippen LogP contribution >= 0.6 is 0 Å². The summed E-state index contributed by atoms with van der Waals surface area (Å²) in [5.41, 5.74) is 2.11. The molecule has 2 heterocycles. The van der Waals surface area contributed by atoms with Crippen molar-refractivity contribution in [2.75, 3.05) is 20.7 Å². The van der Waals surface area contributed by atoms with Crippen LogP contribution < -0.4 is 9.47 Å². The highest BCUT2D eigenvalue weighted by atomic mass is 16.5. The topological polar surface area (TPSA) is 41.9 Å². The van der Waals surface area contributed by atoms with E-state index in [9.17, 15) is 5.11 Å². The van der Waals surface area contributed by atoms with E-state index < -0.39 is 6.10 Å². The monoisotopic (exact) mass is 287 g/mol. The number of hydrogen-bond donors (Lipinski definition) is 1. The fourth-order valence-electron chi connectivity index (χ4n) is 4.21. The molecule has 1 aliphatic carbocycles. The molecule has 0 fully saturated rings. The van der Waals surface area contributed by atoms with Crippen molar-refractivity contribution in [3.8, 4) is 11.5 Å². The standard InChI is InChI=1S/C17H21NO3/c1-18-9-8-17-13(19)4-3-5-14(17)21-16-12(20-2)7-6-11(10-18)15(16)17/h3-4,6-7,13-14,19H,5,8-10H2,1-2H3/t13-,14+,17?/m1/s1. The predicted octanol–water partition coefficient (Wildman–Crippen LogP) is 1.85. The van der Waals surface area contributed by atoms with Crippen LogP contribution in [0.2, 0.25) is 0 Å². The smallest absolute Gasteiger partial charge is 0.165 e. The van der Waals surface area contributed by atoms with E-state index in [1.807, 2.05) is 18.2 Å². The van der Waals surface area contributed by atoms with E-state index in [0.29, 0.717) is 0 Å². The summed E-state index contributed by atoms with van der Waals surface area (Å²) < 4.78 is 11.7. The molecule has 4 nitrogen and oxygen atoms in total. The minimum Gasteiger partial charge on any atom is -0.493 e. The Morgan fingerprint density at radius 3 is 3.10 bits per heavy atom. The van der Waals surface area contributed by atoms with E-state index >= 15 is 0 Å². The van der Waals surface area contributed by atoms with Crippen molar-refractivity contribution in [1.29, 1.82) is 0 Å². The summed E-state index contributed by atoms with van der Waals surface area (Å²) >= 11 is 0. The van der Waals surface area contributed by atoms with E-state index in [-0.39, 0.29) is 11.5 Å². The third-order valence-corrected chi connectivity index (χ3v) is 5.27. The van der Waals surface area contributed by atoms with Crippen molar-refractivity contribution in [3.63, 3.8) is 0 Å². The molecule has 1 aromatic carbocycles. The molecular weight excluding hydrogens is 266 g/mol. The first-order chi connectivity index (χ1) is 10.2. The number of rotatable bonds is 1. The summed E-state index contributed by atoms with van der Waals surface area (Å²) in [6, 6.07) is 4.11. The Bertz CT molecular complexity index is 612. The van der Waals surface area contributed by atoms with Crippen LogP contribution in [0.25, 0.3) is 0 Å². The van der Waals surface area contributed by atoms with Gasteiger partial charge in [-0.15, -0.1) is 0 Å². The highest BCUT2D eigenvalue weighted by Gasteiger charge is 2.56. The van der Waals surface area contributed by atoms with E-state index in [1.165, 1.54) is 11.1 Å². The molecular formula is C17H21NO3. The number of aliphatic hydroxyl groups is 1. The first-order valence-electron chi connectivity index (χ1n) is 7.57. The zero-order chi connectivity index (χ0) is 14.6. The SMILES string of the molecule is COc1ccc2c3c1O[C@H]1CC=C[C@@H](O)C31CCN(C)C2. The number of ether oxygens (including phenoxy) is 2. The quantitative estimate of drug-likeness (QED) is 0.801. The summed E-state index contributed by atoms with van der Waals surface area (Å²) in [5.74, 6) is 1.62. The second-order valence-corrected chi connectivity index (χ2v) is 6.37. The molecule has 0 aromatic heterocycles. The normalized spacial score (nSPS) is 33.9. The first kappa shape index (κ1) is 13.2. The molecule has 3 atom stereocenters. The fourth-order valence-corrected chi connectivity index (χ4v) is 4.21. The first-order valence-corrected chi connectivity index (χ1v) is 7.57. The van der Waals surface area contributed by atoms with Gasteiger partial charge in [0.2, 0.25) is 0 Å². The average molecular weight is 287 g/mol. The zero-order valence-corrected chi connectivity index (χ0v) is 12.5. The van der Waals surface area contributed by atoms with E-state index in [4.69, 9.17) is 9.47 Å². The summed E-state index contributed by atoms with van der Waals surface area (Å²) in [5, 5.41) is 10.8. The minimum absolute atomic E-state index is 0.00838. The Balaban J connectivity index is 1.99. The number of benzene rings is 1. The molecule has 112 valence electrons. The fraction of sp³-hybridized carbons (Fsp3) is 0.529. The molecule has 3 aliphatic rings. The number of aliphatic hydroxyl groups excluding tert-OH is 1. The molecule has 4 heteroatoms. The molecule has 0 saturated carbocycles. The van der Waals surface area contributed by atoms with Crippen LogP contribution in [-0.4, -0.2) is 42.9 Å². The van der Waals surface area contributed by atoms with Crippen molar-refractivity contribution >= 4 is 0 Å². The van der Waals surface area contributed by atoms with Crippen LogP contribution in [0.3, 0.4) is 0 Å². The van der Waals surface area contributed by atoms with Gasteiger partial charge >= 0.3 is 0 Å². The van der Waals surface area contributed by atoms with Gasteiger partial charge in [-0.05, 0) is 31.6 Å². The van der Waals surface area contributed by atoms with Gasteiger partial charge in [-0.3, -0.25) is 0 Å². The Kier molecular flexibility index (Phi) is 2.81. The summed E-state index contributed by atoms with van der Waals surface area (Å²) in [4.78, 5) is 2.32. The molecule has 21 heavy (non-hydrogen) atoms. The van der Waals surface area contributed by atoms with E-state index in [2.05, 4.69) is 18.0 Å². The van der Waals surface area contributed by atoms with Crippen LogP contribution in [0.5, 0.6) is 11.5 Å². The lowest BCUT2D eigenvalue weighted by Crippen LogP contribution is -2.49. The van der Waals surface area contributed by atoms with E-state index in [1.54, 1.807) is 7.11 Å². The van der Waals surface area contributed by atoms with Crippen LogP contribution in [0.15, 0.2) is 24.3 Å². The van der Waals surface area contributed by atoms with Gasteiger partial charge < -0.3 is 19.5 Å². The van der Waals surface area contributed by atoms with Gasteiger partial charge in [-0.25, -0.2) is 0 Å². The summed E-state index contributed by atoms with van der Waals surface area (Å²) in [6.07, 6.45) is 5.24. The van der Waals surface area contributed by atoms with Crippen molar-refractivity contribution in [2.24, 2.45) is 0 Å². The highest BCUT2D eigenvalue weighted by Crippen LogP contribution is 2.56. The van der Waals surface area contributed by atoms with Gasteiger partial charge in [0.05, 0.1) is 18.6 Å². The van der Waals surface area contributed by atoms with Crippen LogP contribution in [-0.2, 0) is 12.0 Å². The molecule has 0 amide bonds. The van der Waals surface area contributed by atoms with Gasteiger partial charge in [0.15, 0.2) is 11.5 Å². The molecule has 0 radical (unpaired) electrons. The largest absolute Gasteiger partial charge is 0.493 e. The summed E-state index contributed by atoms with van der Waals surface area (Å²) in [6.45, 7) is 1.85. The number of methoxy groups -OCH3 is 1. The average Bonchev–Trinajstić information content (AvgIpc) is 2.74. The second kappa shape index (κ2) is 4.49. The maximum atomic E-state index is 10.8. The second-order valence-electron chi connectivity index (χ2n) is 6.37. The van der Waals surface area contributed by atoms with Gasteiger partial charge in [-0.1, -0.05) is 18.2 Å². The van der Waals surface area contributed by atoms with Gasteiger partial charge in [0, 0.05) is 18.5 Å². The predicted molar refractivity (Wildman–Crippen MR) is 79.8 cm³/mol. The Hall–Kier alpha value is -1.52. The van der Waals surface area contributed by atoms with E-state index in [0.717, 1.165) is 37.4 Å². The van der Waals surface area contributed by atoms with Gasteiger partial charge in [0.1, 0.15) is 6.10 Å². The lowest BCUT2D eigenvalue weighted by atomic mass is 9.66.